The quantitative estimate of drug-likeness (QED) is 0.442. The minimum Gasteiger partial charge on any atom is -0.508 e. The number of Topliss-reactive ketones (excluding diaryl/α,β-unsaturated/α-hetero) is 1. The van der Waals surface area contributed by atoms with Crippen molar-refractivity contribution in [1.82, 2.24) is 14.8 Å². The molecule has 0 unspecified atom stereocenters. The fourth-order valence-corrected chi connectivity index (χ4v) is 6.53. The lowest BCUT2D eigenvalue weighted by atomic mass is 9.97. The summed E-state index contributed by atoms with van der Waals surface area (Å²) in [6, 6.07) is 11.2. The zero-order valence-electron chi connectivity index (χ0n) is 22.3. The van der Waals surface area contributed by atoms with Crippen LogP contribution in [0.25, 0.3) is 10.4 Å². The second-order valence-corrected chi connectivity index (χ2v) is 11.6. The van der Waals surface area contributed by atoms with Gasteiger partial charge in [0.15, 0.2) is 5.78 Å². The van der Waals surface area contributed by atoms with E-state index in [4.69, 9.17) is 0 Å². The van der Waals surface area contributed by atoms with E-state index in [2.05, 4.69) is 4.98 Å². The zero-order chi connectivity index (χ0) is 27.8. The van der Waals surface area contributed by atoms with Crippen LogP contribution in [0.2, 0.25) is 0 Å². The number of likely N-dealkylation sites (tertiary alicyclic amines) is 1. The maximum absolute atomic E-state index is 13.9. The number of benzene rings is 2. The molecule has 9 heteroatoms. The number of β-amino-alcohol motifs (C(OH)–C–C–N with tert-alkyl or cyclic N) is 1. The summed E-state index contributed by atoms with van der Waals surface area (Å²) in [6.45, 7) is 6.10. The number of aromatic hydroxyl groups is 1. The normalized spacial score (nSPS) is 19.6. The number of nitrogens with zero attached hydrogens (tertiary/aromatic N) is 3. The molecule has 2 aliphatic rings. The van der Waals surface area contributed by atoms with E-state index in [1.54, 1.807) is 22.5 Å². The van der Waals surface area contributed by atoms with Crippen molar-refractivity contribution in [2.75, 3.05) is 6.54 Å². The third kappa shape index (κ3) is 5.21. The number of aromatic nitrogens is 1. The molecule has 8 nitrogen and oxygen atoms in total. The fraction of sp³-hybridized carbons (Fsp3) is 0.400. The molecule has 39 heavy (non-hydrogen) atoms. The highest BCUT2D eigenvalue weighted by molar-refractivity contribution is 7.13. The highest BCUT2D eigenvalue weighted by Crippen LogP contribution is 2.33. The Morgan fingerprint density at radius 1 is 1.18 bits per heavy atom. The van der Waals surface area contributed by atoms with Crippen molar-refractivity contribution in [3.05, 3.63) is 70.4 Å². The van der Waals surface area contributed by atoms with Crippen molar-refractivity contribution in [2.24, 2.45) is 5.92 Å². The number of ketones is 1. The Balaban J connectivity index is 1.29. The van der Waals surface area contributed by atoms with Crippen LogP contribution < -0.4 is 0 Å². The Labute approximate surface area is 231 Å². The van der Waals surface area contributed by atoms with E-state index in [0.29, 0.717) is 24.1 Å². The van der Waals surface area contributed by atoms with Crippen LogP contribution >= 0.6 is 11.3 Å². The third-order valence-electron chi connectivity index (χ3n) is 7.74. The first-order chi connectivity index (χ1) is 18.7. The number of aliphatic hydroxyl groups is 1. The number of phenols is 1. The molecule has 0 aliphatic carbocycles. The Morgan fingerprint density at radius 2 is 1.95 bits per heavy atom. The van der Waals surface area contributed by atoms with Gasteiger partial charge in [-0.2, -0.15) is 0 Å². The molecule has 3 atom stereocenters. The highest BCUT2D eigenvalue weighted by Gasteiger charge is 2.45. The molecule has 3 heterocycles. The zero-order valence-corrected chi connectivity index (χ0v) is 23.1. The van der Waals surface area contributed by atoms with Crippen molar-refractivity contribution in [3.8, 4) is 16.2 Å². The van der Waals surface area contributed by atoms with Gasteiger partial charge in [-0.05, 0) is 48.1 Å². The fourth-order valence-electron chi connectivity index (χ4n) is 5.73. The summed E-state index contributed by atoms with van der Waals surface area (Å²) in [5, 5.41) is 21.1. The summed E-state index contributed by atoms with van der Waals surface area (Å²) in [5.74, 6) is -0.734. The van der Waals surface area contributed by atoms with Gasteiger partial charge in [0.25, 0.3) is 5.91 Å². The first-order valence-corrected chi connectivity index (χ1v) is 14.2. The number of aryl methyl sites for hydroxylation is 2. The largest absolute Gasteiger partial charge is 0.508 e. The topological polar surface area (TPSA) is 111 Å². The molecule has 2 aliphatic heterocycles. The van der Waals surface area contributed by atoms with E-state index in [-0.39, 0.29) is 48.7 Å². The van der Waals surface area contributed by atoms with Crippen molar-refractivity contribution < 1.29 is 24.6 Å². The molecule has 3 aromatic rings. The number of thiazole rings is 1. The lowest BCUT2D eigenvalue weighted by Gasteiger charge is -2.35. The van der Waals surface area contributed by atoms with Crippen LogP contribution in [0.3, 0.4) is 0 Å². The average Bonchev–Trinajstić information content (AvgIpc) is 3.60. The Hall–Kier alpha value is -3.56. The SMILES string of the molecule is Cc1ncsc1-c1ccc(CCC(=O)[C@@H]2C[C@@H](O)CN2C(=O)[C@H](C(C)C)N2Cc3ccccc3C2=O)c(O)c1. The van der Waals surface area contributed by atoms with Crippen molar-refractivity contribution in [3.63, 3.8) is 0 Å². The summed E-state index contributed by atoms with van der Waals surface area (Å²) < 4.78 is 0. The molecular weight excluding hydrogens is 514 g/mol. The molecule has 0 saturated carbocycles. The van der Waals surface area contributed by atoms with E-state index in [0.717, 1.165) is 21.7 Å². The van der Waals surface area contributed by atoms with E-state index in [1.165, 1.54) is 16.2 Å². The van der Waals surface area contributed by atoms with Gasteiger partial charge in [-0.15, -0.1) is 11.3 Å². The van der Waals surface area contributed by atoms with Crippen molar-refractivity contribution >= 4 is 28.9 Å². The lowest BCUT2D eigenvalue weighted by Crippen LogP contribution is -2.54. The summed E-state index contributed by atoms with van der Waals surface area (Å²) >= 11 is 1.50. The number of carbonyl (C=O) groups excluding carboxylic acids is 3. The van der Waals surface area contributed by atoms with Gasteiger partial charge in [-0.25, -0.2) is 4.98 Å². The predicted molar refractivity (Wildman–Crippen MR) is 148 cm³/mol. The number of rotatable bonds is 8. The Bertz CT molecular complexity index is 1420. The second kappa shape index (κ2) is 10.9. The van der Waals surface area contributed by atoms with Gasteiger partial charge in [-0.1, -0.05) is 44.2 Å². The standard InChI is InChI=1S/C30H33N3O5S/c1-17(2)27(33-14-21-6-4-5-7-23(21)29(33)37)30(38)32-15-22(34)13-24(32)25(35)11-10-19-8-9-20(12-26(19)36)28-18(3)31-16-39-28/h4-9,12,16-17,22,24,27,34,36H,10-11,13-15H2,1-3H3/t22-,24+,27+/m1/s1. The van der Waals surface area contributed by atoms with Crippen LogP contribution in [0.4, 0.5) is 0 Å². The monoisotopic (exact) mass is 547 g/mol. The third-order valence-corrected chi connectivity index (χ3v) is 8.71. The minimum absolute atomic E-state index is 0.0571. The van der Waals surface area contributed by atoms with E-state index in [9.17, 15) is 24.6 Å². The smallest absolute Gasteiger partial charge is 0.255 e. The molecule has 0 bridgehead atoms. The van der Waals surface area contributed by atoms with Crippen LogP contribution in [-0.2, 0) is 22.6 Å². The highest BCUT2D eigenvalue weighted by atomic mass is 32.1. The van der Waals surface area contributed by atoms with Crippen molar-refractivity contribution in [1.29, 1.82) is 0 Å². The number of phenolic OH excluding ortho intramolecular Hbond substituents is 1. The van der Waals surface area contributed by atoms with Gasteiger partial charge in [-0.3, -0.25) is 14.4 Å². The summed E-state index contributed by atoms with van der Waals surface area (Å²) in [5.41, 5.74) is 5.65. The van der Waals surface area contributed by atoms with Gasteiger partial charge in [0.1, 0.15) is 11.8 Å². The Kier molecular flexibility index (Phi) is 7.55. The predicted octanol–water partition coefficient (Wildman–Crippen LogP) is 3.97. The van der Waals surface area contributed by atoms with Crippen molar-refractivity contribution in [2.45, 2.75) is 64.8 Å². The molecular formula is C30H33N3O5S. The van der Waals surface area contributed by atoms with E-state index < -0.39 is 18.2 Å². The van der Waals surface area contributed by atoms with E-state index >= 15 is 0 Å². The second-order valence-electron chi connectivity index (χ2n) is 10.8. The molecule has 2 amide bonds. The van der Waals surface area contributed by atoms with Gasteiger partial charge in [0.2, 0.25) is 5.91 Å². The average molecular weight is 548 g/mol. The molecule has 2 N–H and O–H groups in total. The first kappa shape index (κ1) is 27.0. The number of aliphatic hydroxyl groups excluding tert-OH is 1. The maximum Gasteiger partial charge on any atom is 0.255 e. The van der Waals surface area contributed by atoms with Crippen LogP contribution in [0.1, 0.15) is 53.9 Å². The molecule has 1 aromatic heterocycles. The number of fused-ring (bicyclic) bond motifs is 1. The number of hydrogen-bond acceptors (Lipinski definition) is 7. The molecule has 2 aromatic carbocycles. The molecule has 1 fully saturated rings. The van der Waals surface area contributed by atoms with Crippen LogP contribution in [0.15, 0.2) is 48.0 Å². The molecule has 0 radical (unpaired) electrons. The van der Waals surface area contributed by atoms with E-state index in [1.807, 2.05) is 51.1 Å². The minimum atomic E-state index is -0.808. The van der Waals surface area contributed by atoms with Crippen LogP contribution in [-0.4, -0.2) is 67.3 Å². The summed E-state index contributed by atoms with van der Waals surface area (Å²) in [6.07, 6.45) is -0.209. The number of carbonyl (C=O) groups is 3. The first-order valence-electron chi connectivity index (χ1n) is 13.3. The van der Waals surface area contributed by atoms with Crippen LogP contribution in [0.5, 0.6) is 5.75 Å². The molecule has 5 rings (SSSR count). The molecule has 0 spiro atoms. The summed E-state index contributed by atoms with van der Waals surface area (Å²) in [4.78, 5) is 48.7. The lowest BCUT2D eigenvalue weighted by molar-refractivity contribution is -0.142. The van der Waals surface area contributed by atoms with Gasteiger partial charge >= 0.3 is 0 Å². The summed E-state index contributed by atoms with van der Waals surface area (Å²) in [7, 11) is 0. The maximum atomic E-state index is 13.9. The number of amides is 2. The van der Waals surface area contributed by atoms with Gasteiger partial charge in [0, 0.05) is 31.5 Å². The van der Waals surface area contributed by atoms with Gasteiger partial charge < -0.3 is 20.0 Å². The Morgan fingerprint density at radius 3 is 2.62 bits per heavy atom. The molecule has 204 valence electrons. The van der Waals surface area contributed by atoms with Gasteiger partial charge in [0.05, 0.1) is 28.2 Å². The molecule has 1 saturated heterocycles. The van der Waals surface area contributed by atoms with Crippen LogP contribution in [0, 0.1) is 12.8 Å². The number of hydrogen-bond donors (Lipinski definition) is 2.